The van der Waals surface area contributed by atoms with Crippen LogP contribution in [0.15, 0.2) is 76.3 Å². The summed E-state index contributed by atoms with van der Waals surface area (Å²) in [6.45, 7) is 0.0912. The molecule has 5 rings (SSSR count). The van der Waals surface area contributed by atoms with Crippen LogP contribution >= 0.6 is 23.1 Å². The third kappa shape index (κ3) is 6.28. The summed E-state index contributed by atoms with van der Waals surface area (Å²) in [4.78, 5) is 37.2. The lowest BCUT2D eigenvalue weighted by Crippen LogP contribution is -2.28. The van der Waals surface area contributed by atoms with Crippen molar-refractivity contribution in [2.24, 2.45) is 12.1 Å². The number of nitro groups is 1. The Labute approximate surface area is 243 Å². The second kappa shape index (κ2) is 12.3. The number of thioether (sulfide) groups is 1. The van der Waals surface area contributed by atoms with Crippen molar-refractivity contribution in [3.05, 3.63) is 98.0 Å². The van der Waals surface area contributed by atoms with Gasteiger partial charge in [-0.05, 0) is 41.3 Å². The minimum Gasteiger partial charge on any atom is -0.497 e. The highest BCUT2D eigenvalue weighted by Crippen LogP contribution is 2.35. The van der Waals surface area contributed by atoms with Gasteiger partial charge in [-0.1, -0.05) is 30.0 Å². The summed E-state index contributed by atoms with van der Waals surface area (Å²) in [5.41, 5.74) is 2.02. The van der Waals surface area contributed by atoms with E-state index in [1.165, 1.54) is 36.0 Å². The first-order valence-corrected chi connectivity index (χ1v) is 14.3. The normalized spacial score (nSPS) is 14.5. The molecular weight excluding hydrogens is 566 g/mol. The molecular formula is C27H25N7O5S2. The molecule has 210 valence electrons. The molecule has 0 saturated heterocycles. The number of aromatic nitrogens is 3. The van der Waals surface area contributed by atoms with Gasteiger partial charge >= 0.3 is 0 Å². The monoisotopic (exact) mass is 591 g/mol. The summed E-state index contributed by atoms with van der Waals surface area (Å²) in [5.74, 6) is 0.755. The summed E-state index contributed by atoms with van der Waals surface area (Å²) >= 11 is 2.82. The van der Waals surface area contributed by atoms with Gasteiger partial charge < -0.3 is 14.6 Å². The first kappa shape index (κ1) is 28.0. The molecule has 0 fully saturated rings. The Hall–Kier alpha value is -4.56. The summed E-state index contributed by atoms with van der Waals surface area (Å²) in [5, 5.41) is 30.6. The molecule has 4 aromatic rings. The van der Waals surface area contributed by atoms with Crippen molar-refractivity contribution in [1.82, 2.24) is 25.1 Å². The van der Waals surface area contributed by atoms with Crippen molar-refractivity contribution < 1.29 is 19.2 Å². The zero-order chi connectivity index (χ0) is 28.9. The molecule has 1 aliphatic rings. The predicted molar refractivity (Wildman–Crippen MR) is 154 cm³/mol. The van der Waals surface area contributed by atoms with Gasteiger partial charge in [0.1, 0.15) is 5.75 Å². The molecule has 2 amide bonds. The maximum absolute atomic E-state index is 13.4. The third-order valence-corrected chi connectivity index (χ3v) is 8.39. The number of carbonyl (C=O) groups is 2. The quantitative estimate of drug-likeness (QED) is 0.164. The Morgan fingerprint density at radius 1 is 1.15 bits per heavy atom. The van der Waals surface area contributed by atoms with Crippen LogP contribution in [0.2, 0.25) is 0 Å². The smallest absolute Gasteiger partial charge is 0.269 e. The fourth-order valence-corrected chi connectivity index (χ4v) is 5.73. The van der Waals surface area contributed by atoms with Gasteiger partial charge in [-0.2, -0.15) is 5.10 Å². The van der Waals surface area contributed by atoms with Crippen LogP contribution in [0.25, 0.3) is 0 Å². The molecule has 1 aliphatic heterocycles. The number of rotatable bonds is 10. The number of nitro benzene ring substituents is 1. The Bertz CT molecular complexity index is 1590. The number of hydrogen-bond donors (Lipinski definition) is 1. The molecule has 41 heavy (non-hydrogen) atoms. The summed E-state index contributed by atoms with van der Waals surface area (Å²) in [6.07, 6.45) is 0.603. The number of methoxy groups -OCH3 is 1. The molecule has 2 aromatic heterocycles. The van der Waals surface area contributed by atoms with E-state index >= 15 is 0 Å². The lowest BCUT2D eigenvalue weighted by atomic mass is 10.0. The van der Waals surface area contributed by atoms with Crippen LogP contribution in [-0.4, -0.2) is 55.1 Å². The third-order valence-electron chi connectivity index (χ3n) is 6.47. The van der Waals surface area contributed by atoms with Crippen LogP contribution in [0.4, 0.5) is 5.69 Å². The fraction of sp³-hybridized carbons (Fsp3) is 0.222. The zero-order valence-corrected chi connectivity index (χ0v) is 23.7. The standard InChI is InChI=1S/C27H25N7O5S2/c1-32-24(15-28-26(36)18-5-9-19(10-6-18)34(37)38)29-30-27(32)41-16-25(35)33-22(17-7-11-20(39-2)12-8-17)14-21(31-33)23-4-3-13-40-23/h3-13,22H,14-16H2,1-2H3,(H,28,36)/t22-/m1/s1. The number of nitrogens with one attached hydrogen (secondary N) is 1. The summed E-state index contributed by atoms with van der Waals surface area (Å²) in [7, 11) is 3.36. The molecule has 1 N–H and O–H groups in total. The van der Waals surface area contributed by atoms with Gasteiger partial charge in [0.25, 0.3) is 17.5 Å². The summed E-state index contributed by atoms with van der Waals surface area (Å²) in [6, 6.07) is 16.7. The topological polar surface area (TPSA) is 145 Å². The Kier molecular flexibility index (Phi) is 8.40. The van der Waals surface area contributed by atoms with Gasteiger partial charge in [-0.25, -0.2) is 5.01 Å². The van der Waals surface area contributed by atoms with Crippen molar-refractivity contribution in [1.29, 1.82) is 0 Å². The Morgan fingerprint density at radius 2 is 1.90 bits per heavy atom. The van der Waals surface area contributed by atoms with Crippen molar-refractivity contribution in [3.8, 4) is 5.75 Å². The number of non-ortho nitro benzene ring substituents is 1. The van der Waals surface area contributed by atoms with Crippen LogP contribution < -0.4 is 10.1 Å². The number of hydrazone groups is 1. The van der Waals surface area contributed by atoms with E-state index in [0.717, 1.165) is 21.9 Å². The van der Waals surface area contributed by atoms with Crippen LogP contribution in [0, 0.1) is 10.1 Å². The average Bonchev–Trinajstić information content (AvgIpc) is 3.75. The van der Waals surface area contributed by atoms with Crippen molar-refractivity contribution in [2.45, 2.75) is 24.2 Å². The van der Waals surface area contributed by atoms with Gasteiger partial charge in [0.15, 0.2) is 11.0 Å². The molecule has 3 heterocycles. The maximum atomic E-state index is 13.4. The molecule has 1 atom stereocenters. The number of thiophene rings is 1. The molecule has 0 saturated carbocycles. The zero-order valence-electron chi connectivity index (χ0n) is 22.1. The van der Waals surface area contributed by atoms with Gasteiger partial charge in [0.2, 0.25) is 0 Å². The highest BCUT2D eigenvalue weighted by Gasteiger charge is 2.33. The van der Waals surface area contributed by atoms with Gasteiger partial charge in [0.05, 0.1) is 41.0 Å². The van der Waals surface area contributed by atoms with Crippen molar-refractivity contribution >= 4 is 46.3 Å². The molecule has 12 nitrogen and oxygen atoms in total. The number of carbonyl (C=O) groups excluding carboxylic acids is 2. The largest absolute Gasteiger partial charge is 0.497 e. The first-order valence-electron chi connectivity index (χ1n) is 12.4. The van der Waals surface area contributed by atoms with Crippen molar-refractivity contribution in [3.63, 3.8) is 0 Å². The Balaban J connectivity index is 1.23. The van der Waals surface area contributed by atoms with E-state index in [1.807, 2.05) is 41.8 Å². The molecule has 2 aromatic carbocycles. The summed E-state index contributed by atoms with van der Waals surface area (Å²) < 4.78 is 6.99. The van der Waals surface area contributed by atoms with E-state index in [4.69, 9.17) is 9.84 Å². The van der Waals surface area contributed by atoms with Crippen LogP contribution in [-0.2, 0) is 18.4 Å². The minimum atomic E-state index is -0.525. The molecule has 0 radical (unpaired) electrons. The Morgan fingerprint density at radius 3 is 2.56 bits per heavy atom. The van der Waals surface area contributed by atoms with E-state index in [-0.39, 0.29) is 35.5 Å². The van der Waals surface area contributed by atoms with Gasteiger partial charge in [-0.3, -0.25) is 19.7 Å². The number of amides is 2. The molecule has 0 aliphatic carbocycles. The minimum absolute atomic E-state index is 0.0912. The van der Waals surface area contributed by atoms with Crippen LogP contribution in [0.3, 0.4) is 0 Å². The highest BCUT2D eigenvalue weighted by molar-refractivity contribution is 7.99. The fourth-order valence-electron chi connectivity index (χ4n) is 4.23. The second-order valence-corrected chi connectivity index (χ2v) is 10.9. The second-order valence-electron chi connectivity index (χ2n) is 8.99. The highest BCUT2D eigenvalue weighted by atomic mass is 32.2. The van der Waals surface area contributed by atoms with E-state index in [9.17, 15) is 19.7 Å². The number of ether oxygens (including phenoxy) is 1. The van der Waals surface area contributed by atoms with E-state index in [2.05, 4.69) is 15.5 Å². The molecule has 0 unspecified atom stereocenters. The number of benzene rings is 2. The van der Waals surface area contributed by atoms with E-state index in [0.29, 0.717) is 17.4 Å². The number of hydrogen-bond acceptors (Lipinski definition) is 10. The molecule has 0 spiro atoms. The maximum Gasteiger partial charge on any atom is 0.269 e. The SMILES string of the molecule is COc1ccc([C@H]2CC(c3cccs3)=NN2C(=O)CSc2nnc(CNC(=O)c3ccc([N+](=O)[O-])cc3)n2C)cc1. The number of nitrogens with zero attached hydrogens (tertiary/aromatic N) is 6. The average molecular weight is 592 g/mol. The molecule has 0 bridgehead atoms. The first-order chi connectivity index (χ1) is 19.8. The lowest BCUT2D eigenvalue weighted by molar-refractivity contribution is -0.384. The predicted octanol–water partition coefficient (Wildman–Crippen LogP) is 4.19. The van der Waals surface area contributed by atoms with Gasteiger partial charge in [-0.15, -0.1) is 21.5 Å². The van der Waals surface area contributed by atoms with Gasteiger partial charge in [0, 0.05) is 31.2 Å². The van der Waals surface area contributed by atoms with Crippen LogP contribution in [0.5, 0.6) is 5.75 Å². The molecule has 14 heteroatoms. The van der Waals surface area contributed by atoms with Crippen molar-refractivity contribution in [2.75, 3.05) is 12.9 Å². The van der Waals surface area contributed by atoms with E-state index < -0.39 is 10.8 Å². The van der Waals surface area contributed by atoms with E-state index in [1.54, 1.807) is 35.1 Å². The lowest BCUT2D eigenvalue weighted by Gasteiger charge is -2.22. The van der Waals surface area contributed by atoms with Crippen LogP contribution in [0.1, 0.15) is 39.1 Å².